The molecule has 2 N–H and O–H groups in total. The summed E-state index contributed by atoms with van der Waals surface area (Å²) in [5.74, 6) is -0.677. The lowest BCUT2D eigenvalue weighted by atomic mass is 9.93. The molecule has 5 heteroatoms. The Morgan fingerprint density at radius 2 is 2.05 bits per heavy atom. The molecule has 1 aliphatic heterocycles. The summed E-state index contributed by atoms with van der Waals surface area (Å²) in [5, 5.41) is 18.9. The fourth-order valence-corrected chi connectivity index (χ4v) is 2.31. The molecule has 0 spiro atoms. The molecular formula is C14H24O5. The van der Waals surface area contributed by atoms with Gasteiger partial charge in [-0.05, 0) is 19.8 Å². The number of unbranched alkanes of at least 4 members (excludes halogenated alkanes) is 1. The molecule has 0 radical (unpaired) electrons. The minimum atomic E-state index is -0.711. The lowest BCUT2D eigenvalue weighted by Crippen LogP contribution is -2.24. The van der Waals surface area contributed by atoms with Crippen LogP contribution >= 0.6 is 0 Å². The quantitative estimate of drug-likeness (QED) is 0.510. The summed E-state index contributed by atoms with van der Waals surface area (Å²) in [5.41, 5.74) is 0. The Hall–Kier alpha value is -0.940. The SMILES string of the molecule is CC(=O)C(C)CCCCC(O)C1CC(CO)OC1=O. The van der Waals surface area contributed by atoms with E-state index in [1.807, 2.05) is 6.92 Å². The zero-order valence-corrected chi connectivity index (χ0v) is 11.7. The van der Waals surface area contributed by atoms with Crippen molar-refractivity contribution in [2.75, 3.05) is 6.61 Å². The third kappa shape index (κ3) is 4.91. The molecule has 1 saturated heterocycles. The van der Waals surface area contributed by atoms with Gasteiger partial charge in [0.15, 0.2) is 0 Å². The van der Waals surface area contributed by atoms with E-state index in [0.29, 0.717) is 12.8 Å². The Morgan fingerprint density at radius 3 is 2.58 bits per heavy atom. The number of ketones is 1. The molecular weight excluding hydrogens is 248 g/mol. The van der Waals surface area contributed by atoms with Crippen LogP contribution in [-0.2, 0) is 14.3 Å². The van der Waals surface area contributed by atoms with Crippen molar-refractivity contribution < 1.29 is 24.5 Å². The van der Waals surface area contributed by atoms with Gasteiger partial charge >= 0.3 is 5.97 Å². The van der Waals surface area contributed by atoms with E-state index in [9.17, 15) is 14.7 Å². The van der Waals surface area contributed by atoms with Gasteiger partial charge in [-0.25, -0.2) is 0 Å². The van der Waals surface area contributed by atoms with Crippen LogP contribution in [0.25, 0.3) is 0 Å². The molecule has 1 fully saturated rings. The Morgan fingerprint density at radius 1 is 1.42 bits per heavy atom. The molecule has 0 aromatic heterocycles. The third-order valence-corrected chi connectivity index (χ3v) is 3.85. The monoisotopic (exact) mass is 272 g/mol. The first-order chi connectivity index (χ1) is 8.95. The number of hydrogen-bond acceptors (Lipinski definition) is 5. The smallest absolute Gasteiger partial charge is 0.312 e. The van der Waals surface area contributed by atoms with Crippen LogP contribution in [0.3, 0.4) is 0 Å². The van der Waals surface area contributed by atoms with Gasteiger partial charge < -0.3 is 14.9 Å². The zero-order valence-electron chi connectivity index (χ0n) is 11.7. The van der Waals surface area contributed by atoms with E-state index in [1.165, 1.54) is 0 Å². The lowest BCUT2D eigenvalue weighted by molar-refractivity contribution is -0.147. The maximum absolute atomic E-state index is 11.5. The van der Waals surface area contributed by atoms with Crippen LogP contribution in [0.1, 0.15) is 46.0 Å². The summed E-state index contributed by atoms with van der Waals surface area (Å²) < 4.78 is 4.93. The number of carbonyl (C=O) groups excluding carboxylic acids is 2. The first-order valence-corrected chi connectivity index (χ1v) is 6.95. The molecule has 5 nitrogen and oxygen atoms in total. The van der Waals surface area contributed by atoms with Gasteiger partial charge in [-0.15, -0.1) is 0 Å². The number of aliphatic hydroxyl groups is 2. The minimum absolute atomic E-state index is 0.0624. The van der Waals surface area contributed by atoms with Crippen LogP contribution in [0.5, 0.6) is 0 Å². The number of aliphatic hydroxyl groups excluding tert-OH is 2. The van der Waals surface area contributed by atoms with Crippen LogP contribution in [0, 0.1) is 11.8 Å². The molecule has 0 aliphatic carbocycles. The first kappa shape index (κ1) is 16.1. The van der Waals surface area contributed by atoms with E-state index >= 15 is 0 Å². The highest BCUT2D eigenvalue weighted by atomic mass is 16.6. The topological polar surface area (TPSA) is 83.8 Å². The summed E-state index contributed by atoms with van der Waals surface area (Å²) in [7, 11) is 0. The van der Waals surface area contributed by atoms with E-state index < -0.39 is 24.1 Å². The highest BCUT2D eigenvalue weighted by Gasteiger charge is 2.38. The van der Waals surface area contributed by atoms with Gasteiger partial charge in [-0.2, -0.15) is 0 Å². The van der Waals surface area contributed by atoms with Gasteiger partial charge in [-0.1, -0.05) is 19.8 Å². The Bertz CT molecular complexity index is 315. The van der Waals surface area contributed by atoms with Crippen molar-refractivity contribution in [3.05, 3.63) is 0 Å². The van der Waals surface area contributed by atoms with Crippen molar-refractivity contribution in [2.24, 2.45) is 11.8 Å². The van der Waals surface area contributed by atoms with Gasteiger partial charge in [0, 0.05) is 12.3 Å². The van der Waals surface area contributed by atoms with Crippen molar-refractivity contribution in [3.8, 4) is 0 Å². The van der Waals surface area contributed by atoms with Crippen LogP contribution in [0.2, 0.25) is 0 Å². The second-order valence-electron chi connectivity index (χ2n) is 5.45. The molecule has 0 aromatic rings. The molecule has 19 heavy (non-hydrogen) atoms. The number of rotatable bonds is 8. The maximum atomic E-state index is 11.5. The predicted octanol–water partition coefficient (Wildman–Crippen LogP) is 1.06. The average Bonchev–Trinajstić information content (AvgIpc) is 2.75. The number of cyclic esters (lactones) is 1. The highest BCUT2D eigenvalue weighted by molar-refractivity contribution is 5.77. The van der Waals surface area contributed by atoms with E-state index in [-0.39, 0.29) is 18.3 Å². The Kier molecular flexibility index (Phi) is 6.45. The Labute approximate surface area is 114 Å². The molecule has 0 amide bonds. The molecule has 1 aliphatic rings. The van der Waals surface area contributed by atoms with E-state index in [1.54, 1.807) is 6.92 Å². The van der Waals surface area contributed by atoms with Crippen molar-refractivity contribution >= 4 is 11.8 Å². The van der Waals surface area contributed by atoms with Crippen molar-refractivity contribution in [3.63, 3.8) is 0 Å². The molecule has 0 aromatic carbocycles. The van der Waals surface area contributed by atoms with Crippen LogP contribution in [-0.4, -0.2) is 40.8 Å². The normalized spacial score (nSPS) is 26.0. The molecule has 110 valence electrons. The summed E-state index contributed by atoms with van der Waals surface area (Å²) >= 11 is 0. The minimum Gasteiger partial charge on any atom is -0.460 e. The summed E-state index contributed by atoms with van der Waals surface area (Å²) in [6.07, 6.45) is 2.20. The molecule has 4 unspecified atom stereocenters. The number of Topliss-reactive ketones (excluding diaryl/α,β-unsaturated/α-hetero) is 1. The summed E-state index contributed by atoms with van der Waals surface area (Å²) in [4.78, 5) is 22.5. The zero-order chi connectivity index (χ0) is 14.4. The van der Waals surface area contributed by atoms with Gasteiger partial charge in [0.25, 0.3) is 0 Å². The largest absolute Gasteiger partial charge is 0.460 e. The average molecular weight is 272 g/mol. The van der Waals surface area contributed by atoms with E-state index in [2.05, 4.69) is 0 Å². The number of hydrogen-bond donors (Lipinski definition) is 2. The van der Waals surface area contributed by atoms with Crippen molar-refractivity contribution in [1.29, 1.82) is 0 Å². The van der Waals surface area contributed by atoms with Crippen LogP contribution in [0.4, 0.5) is 0 Å². The molecule has 1 rings (SSSR count). The molecule has 0 saturated carbocycles. The van der Waals surface area contributed by atoms with Gasteiger partial charge in [0.05, 0.1) is 18.6 Å². The fourth-order valence-electron chi connectivity index (χ4n) is 2.31. The molecule has 4 atom stereocenters. The lowest BCUT2D eigenvalue weighted by Gasteiger charge is -2.15. The first-order valence-electron chi connectivity index (χ1n) is 6.95. The van der Waals surface area contributed by atoms with Gasteiger partial charge in [-0.3, -0.25) is 9.59 Å². The second kappa shape index (κ2) is 7.60. The van der Waals surface area contributed by atoms with Crippen molar-refractivity contribution in [1.82, 2.24) is 0 Å². The summed E-state index contributed by atoms with van der Waals surface area (Å²) in [6.45, 7) is 3.30. The summed E-state index contributed by atoms with van der Waals surface area (Å²) in [6, 6.07) is 0. The third-order valence-electron chi connectivity index (χ3n) is 3.85. The van der Waals surface area contributed by atoms with Crippen molar-refractivity contribution in [2.45, 2.75) is 58.2 Å². The van der Waals surface area contributed by atoms with E-state index in [4.69, 9.17) is 9.84 Å². The number of ether oxygens (including phenoxy) is 1. The van der Waals surface area contributed by atoms with Gasteiger partial charge in [0.2, 0.25) is 0 Å². The Balaban J connectivity index is 2.23. The van der Waals surface area contributed by atoms with Crippen LogP contribution < -0.4 is 0 Å². The molecule has 0 bridgehead atoms. The molecule has 1 heterocycles. The van der Waals surface area contributed by atoms with Crippen LogP contribution in [0.15, 0.2) is 0 Å². The number of carbonyl (C=O) groups is 2. The second-order valence-corrected chi connectivity index (χ2v) is 5.45. The maximum Gasteiger partial charge on any atom is 0.312 e. The predicted molar refractivity (Wildman–Crippen MR) is 69.4 cm³/mol. The fraction of sp³-hybridized carbons (Fsp3) is 0.857. The van der Waals surface area contributed by atoms with Gasteiger partial charge in [0.1, 0.15) is 11.9 Å². The standard InChI is InChI=1S/C14H24O5/c1-9(10(2)16)5-3-4-6-13(17)12-7-11(8-15)19-14(12)18/h9,11-13,15,17H,3-8H2,1-2H3. The highest BCUT2D eigenvalue weighted by Crippen LogP contribution is 2.26. The number of esters is 1. The van der Waals surface area contributed by atoms with E-state index in [0.717, 1.165) is 19.3 Å².